The molecular formula is C22H26FNO2. The highest BCUT2D eigenvalue weighted by Gasteiger charge is 2.43. The van der Waals surface area contributed by atoms with Crippen molar-refractivity contribution in [1.29, 1.82) is 0 Å². The van der Waals surface area contributed by atoms with Gasteiger partial charge in [-0.25, -0.2) is 4.39 Å². The third kappa shape index (κ3) is 4.14. The van der Waals surface area contributed by atoms with Crippen molar-refractivity contribution in [2.45, 2.75) is 44.1 Å². The van der Waals surface area contributed by atoms with E-state index in [2.05, 4.69) is 17.0 Å². The average molecular weight is 355 g/mol. The van der Waals surface area contributed by atoms with Crippen LogP contribution in [0.5, 0.6) is 0 Å². The maximum absolute atomic E-state index is 14.0. The average Bonchev–Trinajstić information content (AvgIpc) is 3.05. The Bertz CT molecular complexity index is 723. The predicted octanol–water partition coefficient (Wildman–Crippen LogP) is 4.17. The monoisotopic (exact) mass is 355 g/mol. The molecule has 138 valence electrons. The summed E-state index contributed by atoms with van der Waals surface area (Å²) in [6.07, 6.45) is 3.21. The highest BCUT2D eigenvalue weighted by Crippen LogP contribution is 2.36. The summed E-state index contributed by atoms with van der Waals surface area (Å²) in [5, 5.41) is 0. The molecule has 2 saturated heterocycles. The van der Waals surface area contributed by atoms with Crippen LogP contribution in [0.3, 0.4) is 0 Å². The van der Waals surface area contributed by atoms with Crippen LogP contribution in [0.4, 0.5) is 4.39 Å². The fraction of sp³-hybridized carbons (Fsp3) is 0.455. The van der Waals surface area contributed by atoms with Crippen molar-refractivity contribution in [3.05, 3.63) is 71.5 Å². The molecule has 0 radical (unpaired) electrons. The van der Waals surface area contributed by atoms with Crippen LogP contribution in [-0.4, -0.2) is 36.3 Å². The Morgan fingerprint density at radius 2 is 1.92 bits per heavy atom. The lowest BCUT2D eigenvalue weighted by atomic mass is 9.89. The fourth-order valence-corrected chi connectivity index (χ4v) is 4.18. The lowest BCUT2D eigenvalue weighted by Gasteiger charge is -2.39. The summed E-state index contributed by atoms with van der Waals surface area (Å²) in [5.74, 6) is -0.122. The lowest BCUT2D eigenvalue weighted by Crippen LogP contribution is -2.47. The van der Waals surface area contributed by atoms with Gasteiger partial charge in [0.25, 0.3) is 0 Å². The molecule has 0 N–H and O–H groups in total. The van der Waals surface area contributed by atoms with E-state index in [1.807, 2.05) is 30.3 Å². The number of hydrogen-bond acceptors (Lipinski definition) is 3. The Morgan fingerprint density at radius 1 is 1.12 bits per heavy atom. The van der Waals surface area contributed by atoms with Gasteiger partial charge in [0.15, 0.2) is 0 Å². The Labute approximate surface area is 154 Å². The van der Waals surface area contributed by atoms with Gasteiger partial charge in [0.2, 0.25) is 0 Å². The van der Waals surface area contributed by atoms with Crippen molar-refractivity contribution < 1.29 is 13.9 Å². The smallest absolute Gasteiger partial charge is 0.127 e. The minimum Gasteiger partial charge on any atom is -0.371 e. The van der Waals surface area contributed by atoms with Crippen molar-refractivity contribution in [3.8, 4) is 0 Å². The van der Waals surface area contributed by atoms with Gasteiger partial charge >= 0.3 is 0 Å². The van der Waals surface area contributed by atoms with Crippen LogP contribution in [0.1, 0.15) is 30.4 Å². The van der Waals surface area contributed by atoms with Crippen LogP contribution in [0.15, 0.2) is 54.6 Å². The zero-order valence-corrected chi connectivity index (χ0v) is 15.1. The standard InChI is InChI=1S/C22H26FNO2/c23-21-10-5-4-9-19(21)14-24-12-6-11-22(17-24)13-20(16-26-22)25-15-18-7-2-1-3-8-18/h1-5,7-10,20H,6,11-17H2/t20-,22-/m1/s1. The molecule has 0 amide bonds. The Balaban J connectivity index is 1.33. The molecule has 0 saturated carbocycles. The SMILES string of the molecule is Fc1ccccc1CN1CCC[C@@]2(C[C@@H](OCc3ccccc3)CO2)C1. The zero-order valence-electron chi connectivity index (χ0n) is 15.1. The van der Waals surface area contributed by atoms with Crippen molar-refractivity contribution in [3.63, 3.8) is 0 Å². The molecule has 2 atom stereocenters. The van der Waals surface area contributed by atoms with Gasteiger partial charge in [-0.15, -0.1) is 0 Å². The van der Waals surface area contributed by atoms with E-state index in [1.54, 1.807) is 6.07 Å². The number of likely N-dealkylation sites (tertiary alicyclic amines) is 1. The summed E-state index contributed by atoms with van der Waals surface area (Å²) < 4.78 is 26.3. The van der Waals surface area contributed by atoms with E-state index in [1.165, 1.54) is 11.6 Å². The molecule has 2 aromatic carbocycles. The Hall–Kier alpha value is -1.75. The highest BCUT2D eigenvalue weighted by atomic mass is 19.1. The first-order chi connectivity index (χ1) is 12.7. The second-order valence-electron chi connectivity index (χ2n) is 7.52. The Morgan fingerprint density at radius 3 is 2.77 bits per heavy atom. The molecule has 4 heteroatoms. The molecule has 0 bridgehead atoms. The van der Waals surface area contributed by atoms with Crippen LogP contribution < -0.4 is 0 Å². The number of nitrogens with zero attached hydrogens (tertiary/aromatic N) is 1. The zero-order chi connectivity index (χ0) is 17.8. The number of rotatable bonds is 5. The number of ether oxygens (including phenoxy) is 2. The molecule has 4 rings (SSSR count). The summed E-state index contributed by atoms with van der Waals surface area (Å²) in [6, 6.07) is 17.3. The van der Waals surface area contributed by atoms with E-state index >= 15 is 0 Å². The van der Waals surface area contributed by atoms with Crippen LogP contribution in [0, 0.1) is 5.82 Å². The lowest BCUT2D eigenvalue weighted by molar-refractivity contribution is -0.0550. The molecule has 0 aliphatic carbocycles. The van der Waals surface area contributed by atoms with Crippen LogP contribution in [-0.2, 0) is 22.6 Å². The first-order valence-electron chi connectivity index (χ1n) is 9.48. The van der Waals surface area contributed by atoms with Crippen LogP contribution in [0.2, 0.25) is 0 Å². The normalized spacial score (nSPS) is 26.4. The summed E-state index contributed by atoms with van der Waals surface area (Å²) >= 11 is 0. The summed E-state index contributed by atoms with van der Waals surface area (Å²) in [6.45, 7) is 3.78. The molecular weight excluding hydrogens is 329 g/mol. The van der Waals surface area contributed by atoms with Crippen molar-refractivity contribution in [2.24, 2.45) is 0 Å². The summed E-state index contributed by atoms with van der Waals surface area (Å²) in [7, 11) is 0. The van der Waals surface area contributed by atoms with Gasteiger partial charge in [0.05, 0.1) is 24.9 Å². The third-order valence-corrected chi connectivity index (χ3v) is 5.47. The van der Waals surface area contributed by atoms with E-state index in [-0.39, 0.29) is 17.5 Å². The minimum atomic E-state index is -0.134. The van der Waals surface area contributed by atoms with Crippen LogP contribution in [0.25, 0.3) is 0 Å². The highest BCUT2D eigenvalue weighted by molar-refractivity contribution is 5.17. The molecule has 2 aliphatic rings. The quantitative estimate of drug-likeness (QED) is 0.804. The first kappa shape index (κ1) is 17.7. The summed E-state index contributed by atoms with van der Waals surface area (Å²) in [5.41, 5.74) is 1.82. The van der Waals surface area contributed by atoms with Crippen molar-refractivity contribution in [2.75, 3.05) is 19.7 Å². The van der Waals surface area contributed by atoms with Gasteiger partial charge in [-0.05, 0) is 31.0 Å². The fourth-order valence-electron chi connectivity index (χ4n) is 4.18. The van der Waals surface area contributed by atoms with Gasteiger partial charge in [-0.2, -0.15) is 0 Å². The number of halogens is 1. The molecule has 2 aromatic rings. The van der Waals surface area contributed by atoms with Gasteiger partial charge in [-0.3, -0.25) is 4.90 Å². The van der Waals surface area contributed by atoms with Crippen molar-refractivity contribution >= 4 is 0 Å². The third-order valence-electron chi connectivity index (χ3n) is 5.47. The largest absolute Gasteiger partial charge is 0.371 e. The Kier molecular flexibility index (Phi) is 5.34. The first-order valence-corrected chi connectivity index (χ1v) is 9.48. The molecule has 1 spiro atoms. The second kappa shape index (κ2) is 7.87. The van der Waals surface area contributed by atoms with Crippen LogP contribution >= 0.6 is 0 Å². The van der Waals surface area contributed by atoms with E-state index in [4.69, 9.17) is 9.47 Å². The maximum Gasteiger partial charge on any atom is 0.127 e. The van der Waals surface area contributed by atoms with E-state index in [0.29, 0.717) is 19.8 Å². The molecule has 26 heavy (non-hydrogen) atoms. The molecule has 0 unspecified atom stereocenters. The van der Waals surface area contributed by atoms with Gasteiger partial charge in [0.1, 0.15) is 5.82 Å². The number of hydrogen-bond donors (Lipinski definition) is 0. The minimum absolute atomic E-state index is 0.122. The van der Waals surface area contributed by atoms with E-state index in [0.717, 1.165) is 37.9 Å². The molecule has 3 nitrogen and oxygen atoms in total. The van der Waals surface area contributed by atoms with Gasteiger partial charge in [-0.1, -0.05) is 48.5 Å². The summed E-state index contributed by atoms with van der Waals surface area (Å²) in [4.78, 5) is 2.32. The number of benzene rings is 2. The van der Waals surface area contributed by atoms with Crippen molar-refractivity contribution in [1.82, 2.24) is 4.90 Å². The van der Waals surface area contributed by atoms with Gasteiger partial charge in [0, 0.05) is 25.1 Å². The molecule has 2 aliphatic heterocycles. The van der Waals surface area contributed by atoms with E-state index in [9.17, 15) is 4.39 Å². The molecule has 2 fully saturated rings. The number of piperidine rings is 1. The second-order valence-corrected chi connectivity index (χ2v) is 7.52. The molecule has 2 heterocycles. The topological polar surface area (TPSA) is 21.7 Å². The maximum atomic E-state index is 14.0. The molecule has 0 aromatic heterocycles. The van der Waals surface area contributed by atoms with E-state index < -0.39 is 0 Å². The van der Waals surface area contributed by atoms with Gasteiger partial charge < -0.3 is 9.47 Å². The predicted molar refractivity (Wildman–Crippen MR) is 99.2 cm³/mol.